The zero-order chi connectivity index (χ0) is 13.1. The van der Waals surface area contributed by atoms with Crippen molar-refractivity contribution in [1.82, 2.24) is 10.2 Å². The standard InChI is InChI=1S/C16H18N2O/c19-16(18-10-3-8-17-9-11-18)15-7-6-13-4-1-2-5-14(13)12-15/h1-2,4-7,12,17H,3,8-11H2. The Morgan fingerprint density at radius 1 is 1.00 bits per heavy atom. The molecule has 0 bridgehead atoms. The SMILES string of the molecule is O=C(c1ccc2ccccc2c1)N1CCCNCC1. The summed E-state index contributed by atoms with van der Waals surface area (Å²) >= 11 is 0. The lowest BCUT2D eigenvalue weighted by molar-refractivity contribution is 0.0766. The van der Waals surface area contributed by atoms with Crippen molar-refractivity contribution in [2.45, 2.75) is 6.42 Å². The molecular formula is C16H18N2O. The number of fused-ring (bicyclic) bond motifs is 1. The molecule has 98 valence electrons. The quantitative estimate of drug-likeness (QED) is 0.846. The van der Waals surface area contributed by atoms with E-state index in [1.165, 1.54) is 5.39 Å². The van der Waals surface area contributed by atoms with Gasteiger partial charge in [0.2, 0.25) is 0 Å². The van der Waals surface area contributed by atoms with Gasteiger partial charge in [-0.15, -0.1) is 0 Å². The van der Waals surface area contributed by atoms with Crippen molar-refractivity contribution in [2.75, 3.05) is 26.2 Å². The smallest absolute Gasteiger partial charge is 0.253 e. The van der Waals surface area contributed by atoms with E-state index in [0.29, 0.717) is 0 Å². The number of nitrogens with zero attached hydrogens (tertiary/aromatic N) is 1. The van der Waals surface area contributed by atoms with E-state index in [2.05, 4.69) is 17.4 Å². The van der Waals surface area contributed by atoms with Crippen LogP contribution in [-0.4, -0.2) is 37.0 Å². The molecule has 3 heteroatoms. The number of hydrogen-bond donors (Lipinski definition) is 1. The maximum atomic E-state index is 12.5. The Morgan fingerprint density at radius 3 is 2.74 bits per heavy atom. The van der Waals surface area contributed by atoms with E-state index in [-0.39, 0.29) is 5.91 Å². The molecule has 1 heterocycles. The maximum absolute atomic E-state index is 12.5. The number of nitrogens with one attached hydrogen (secondary N) is 1. The Hall–Kier alpha value is -1.87. The van der Waals surface area contributed by atoms with Gasteiger partial charge in [-0.3, -0.25) is 4.79 Å². The van der Waals surface area contributed by atoms with Gasteiger partial charge in [-0.05, 0) is 35.9 Å². The van der Waals surface area contributed by atoms with Crippen molar-refractivity contribution in [3.8, 4) is 0 Å². The highest BCUT2D eigenvalue weighted by Crippen LogP contribution is 2.17. The summed E-state index contributed by atoms with van der Waals surface area (Å²) in [5.41, 5.74) is 0.792. The monoisotopic (exact) mass is 254 g/mol. The van der Waals surface area contributed by atoms with Gasteiger partial charge in [0, 0.05) is 25.2 Å². The van der Waals surface area contributed by atoms with Crippen LogP contribution >= 0.6 is 0 Å². The van der Waals surface area contributed by atoms with E-state index >= 15 is 0 Å². The van der Waals surface area contributed by atoms with Gasteiger partial charge in [-0.1, -0.05) is 30.3 Å². The van der Waals surface area contributed by atoms with E-state index in [0.717, 1.165) is 43.5 Å². The molecule has 0 aliphatic carbocycles. The third-order valence-electron chi connectivity index (χ3n) is 3.62. The lowest BCUT2D eigenvalue weighted by Crippen LogP contribution is -2.34. The van der Waals surface area contributed by atoms with E-state index in [1.807, 2.05) is 35.2 Å². The van der Waals surface area contributed by atoms with Crippen LogP contribution < -0.4 is 5.32 Å². The van der Waals surface area contributed by atoms with Crippen molar-refractivity contribution in [2.24, 2.45) is 0 Å². The van der Waals surface area contributed by atoms with Gasteiger partial charge in [0.05, 0.1) is 0 Å². The number of carbonyl (C=O) groups excluding carboxylic acids is 1. The fourth-order valence-electron chi connectivity index (χ4n) is 2.55. The lowest BCUT2D eigenvalue weighted by Gasteiger charge is -2.20. The highest BCUT2D eigenvalue weighted by atomic mass is 16.2. The molecule has 1 aliphatic rings. The number of hydrogen-bond acceptors (Lipinski definition) is 2. The van der Waals surface area contributed by atoms with Gasteiger partial charge in [0.25, 0.3) is 5.91 Å². The highest BCUT2D eigenvalue weighted by molar-refractivity contribution is 5.98. The van der Waals surface area contributed by atoms with E-state index < -0.39 is 0 Å². The van der Waals surface area contributed by atoms with Crippen molar-refractivity contribution in [3.05, 3.63) is 48.0 Å². The average molecular weight is 254 g/mol. The molecule has 1 amide bonds. The molecule has 0 aromatic heterocycles. The van der Waals surface area contributed by atoms with Crippen molar-refractivity contribution < 1.29 is 4.79 Å². The number of benzene rings is 2. The molecular weight excluding hydrogens is 236 g/mol. The highest BCUT2D eigenvalue weighted by Gasteiger charge is 2.16. The first-order valence-corrected chi connectivity index (χ1v) is 6.83. The molecule has 0 spiro atoms. The average Bonchev–Trinajstić information content (AvgIpc) is 2.75. The van der Waals surface area contributed by atoms with Crippen LogP contribution in [-0.2, 0) is 0 Å². The first-order chi connectivity index (χ1) is 9.34. The van der Waals surface area contributed by atoms with Crippen LogP contribution in [0.4, 0.5) is 0 Å². The van der Waals surface area contributed by atoms with Crippen LogP contribution in [0.25, 0.3) is 10.8 Å². The first kappa shape index (κ1) is 12.2. The Balaban J connectivity index is 1.88. The predicted octanol–water partition coefficient (Wildman–Crippen LogP) is 2.28. The van der Waals surface area contributed by atoms with Gasteiger partial charge in [-0.25, -0.2) is 0 Å². The summed E-state index contributed by atoms with van der Waals surface area (Å²) in [5, 5.41) is 5.62. The second-order valence-corrected chi connectivity index (χ2v) is 4.96. The van der Waals surface area contributed by atoms with Gasteiger partial charge < -0.3 is 10.2 Å². The van der Waals surface area contributed by atoms with Gasteiger partial charge in [0.15, 0.2) is 0 Å². The maximum Gasteiger partial charge on any atom is 0.253 e. The second kappa shape index (κ2) is 5.41. The van der Waals surface area contributed by atoms with Crippen LogP contribution in [0.5, 0.6) is 0 Å². The number of amides is 1. The summed E-state index contributed by atoms with van der Waals surface area (Å²) < 4.78 is 0. The minimum Gasteiger partial charge on any atom is -0.337 e. The van der Waals surface area contributed by atoms with Crippen LogP contribution in [0, 0.1) is 0 Å². The summed E-state index contributed by atoms with van der Waals surface area (Å²) in [4.78, 5) is 14.4. The largest absolute Gasteiger partial charge is 0.337 e. The third-order valence-corrected chi connectivity index (χ3v) is 3.62. The Morgan fingerprint density at radius 2 is 1.84 bits per heavy atom. The van der Waals surface area contributed by atoms with Gasteiger partial charge in [-0.2, -0.15) is 0 Å². The van der Waals surface area contributed by atoms with Crippen molar-refractivity contribution in [1.29, 1.82) is 0 Å². The normalized spacial score (nSPS) is 16.3. The number of carbonyl (C=O) groups is 1. The molecule has 0 saturated carbocycles. The summed E-state index contributed by atoms with van der Waals surface area (Å²) in [6.07, 6.45) is 1.03. The van der Waals surface area contributed by atoms with Crippen molar-refractivity contribution in [3.63, 3.8) is 0 Å². The lowest BCUT2D eigenvalue weighted by atomic mass is 10.1. The Bertz CT molecular complexity index is 586. The van der Waals surface area contributed by atoms with E-state index in [4.69, 9.17) is 0 Å². The summed E-state index contributed by atoms with van der Waals surface area (Å²) in [6.45, 7) is 3.53. The topological polar surface area (TPSA) is 32.3 Å². The molecule has 1 N–H and O–H groups in total. The molecule has 1 fully saturated rings. The zero-order valence-corrected chi connectivity index (χ0v) is 10.9. The summed E-state index contributed by atoms with van der Waals surface area (Å²) in [5.74, 6) is 0.148. The Labute approximate surface area is 113 Å². The predicted molar refractivity (Wildman–Crippen MR) is 77.3 cm³/mol. The second-order valence-electron chi connectivity index (χ2n) is 4.96. The minimum atomic E-state index is 0.148. The molecule has 0 radical (unpaired) electrons. The molecule has 3 rings (SSSR count). The molecule has 2 aromatic rings. The fourth-order valence-corrected chi connectivity index (χ4v) is 2.55. The molecule has 1 saturated heterocycles. The number of rotatable bonds is 1. The molecule has 1 aliphatic heterocycles. The van der Waals surface area contributed by atoms with Crippen LogP contribution in [0.2, 0.25) is 0 Å². The van der Waals surface area contributed by atoms with Crippen molar-refractivity contribution >= 4 is 16.7 Å². The summed E-state index contributed by atoms with van der Waals surface area (Å²) in [7, 11) is 0. The van der Waals surface area contributed by atoms with Crippen LogP contribution in [0.15, 0.2) is 42.5 Å². The zero-order valence-electron chi connectivity index (χ0n) is 10.9. The third kappa shape index (κ3) is 2.61. The summed E-state index contributed by atoms with van der Waals surface area (Å²) in [6, 6.07) is 14.1. The Kier molecular flexibility index (Phi) is 3.47. The fraction of sp³-hybridized carbons (Fsp3) is 0.312. The van der Waals surface area contributed by atoms with Gasteiger partial charge >= 0.3 is 0 Å². The molecule has 19 heavy (non-hydrogen) atoms. The minimum absolute atomic E-state index is 0.148. The van der Waals surface area contributed by atoms with Gasteiger partial charge in [0.1, 0.15) is 0 Å². The van der Waals surface area contributed by atoms with Crippen LogP contribution in [0.1, 0.15) is 16.8 Å². The van der Waals surface area contributed by atoms with E-state index in [1.54, 1.807) is 0 Å². The van der Waals surface area contributed by atoms with E-state index in [9.17, 15) is 4.79 Å². The molecule has 2 aromatic carbocycles. The van der Waals surface area contributed by atoms with Crippen LogP contribution in [0.3, 0.4) is 0 Å². The molecule has 0 unspecified atom stereocenters. The molecule has 3 nitrogen and oxygen atoms in total. The first-order valence-electron chi connectivity index (χ1n) is 6.83. The molecule has 0 atom stereocenters.